The Hall–Kier alpha value is -1.70. The second-order valence-corrected chi connectivity index (χ2v) is 7.99. The second-order valence-electron chi connectivity index (χ2n) is 7.20. The van der Waals surface area contributed by atoms with E-state index in [2.05, 4.69) is 33.2 Å². The summed E-state index contributed by atoms with van der Waals surface area (Å²) in [4.78, 5) is 4.39. The van der Waals surface area contributed by atoms with Crippen molar-refractivity contribution >= 4 is 28.9 Å². The predicted octanol–water partition coefficient (Wildman–Crippen LogP) is 3.37. The molecule has 0 amide bonds. The minimum Gasteiger partial charge on any atom is -0.362 e. The molecular formula is C20H27ClFN5S. The number of piperazine rings is 1. The van der Waals surface area contributed by atoms with Gasteiger partial charge in [-0.25, -0.2) is 4.39 Å². The number of nitrogens with zero attached hydrogens (tertiary/aromatic N) is 4. The van der Waals surface area contributed by atoms with Gasteiger partial charge in [-0.05, 0) is 50.7 Å². The minimum absolute atomic E-state index is 0.241. The number of halogens is 2. The summed E-state index contributed by atoms with van der Waals surface area (Å²) in [6.07, 6.45) is 0.966. The Bertz CT molecular complexity index is 797. The van der Waals surface area contributed by atoms with Gasteiger partial charge < -0.3 is 10.2 Å². The highest BCUT2D eigenvalue weighted by molar-refractivity contribution is 7.80. The summed E-state index contributed by atoms with van der Waals surface area (Å²) in [5.41, 5.74) is 2.81. The molecule has 0 saturated carbocycles. The maximum absolute atomic E-state index is 14.0. The molecule has 1 aliphatic rings. The number of hydrogen-bond acceptors (Lipinski definition) is 3. The molecule has 152 valence electrons. The monoisotopic (exact) mass is 423 g/mol. The van der Waals surface area contributed by atoms with Gasteiger partial charge in [0, 0.05) is 62.1 Å². The van der Waals surface area contributed by atoms with Crippen molar-refractivity contribution in [3.8, 4) is 0 Å². The van der Waals surface area contributed by atoms with Gasteiger partial charge in [-0.15, -0.1) is 0 Å². The molecule has 1 aromatic carbocycles. The van der Waals surface area contributed by atoms with E-state index in [1.807, 2.05) is 11.6 Å². The van der Waals surface area contributed by atoms with E-state index in [0.717, 1.165) is 56.5 Å². The molecular weight excluding hydrogens is 397 g/mol. The van der Waals surface area contributed by atoms with E-state index < -0.39 is 0 Å². The molecule has 5 nitrogen and oxygen atoms in total. The van der Waals surface area contributed by atoms with E-state index in [1.165, 1.54) is 11.8 Å². The lowest BCUT2D eigenvalue weighted by atomic mass is 10.2. The van der Waals surface area contributed by atoms with Crippen LogP contribution in [0, 0.1) is 19.7 Å². The van der Waals surface area contributed by atoms with Crippen molar-refractivity contribution in [1.29, 1.82) is 0 Å². The van der Waals surface area contributed by atoms with Crippen LogP contribution in [0.25, 0.3) is 0 Å². The fourth-order valence-electron chi connectivity index (χ4n) is 3.45. The highest BCUT2D eigenvalue weighted by Gasteiger charge is 2.20. The van der Waals surface area contributed by atoms with Crippen LogP contribution in [-0.4, -0.2) is 57.4 Å². The summed E-state index contributed by atoms with van der Waals surface area (Å²) in [7, 11) is 0. The molecule has 0 bridgehead atoms. The lowest BCUT2D eigenvalue weighted by molar-refractivity contribution is 0.173. The Morgan fingerprint density at radius 2 is 2.00 bits per heavy atom. The van der Waals surface area contributed by atoms with Gasteiger partial charge in [-0.3, -0.25) is 9.58 Å². The molecule has 2 aromatic rings. The third-order valence-corrected chi connectivity index (χ3v) is 5.79. The van der Waals surface area contributed by atoms with Gasteiger partial charge >= 0.3 is 0 Å². The Morgan fingerprint density at radius 3 is 2.64 bits per heavy atom. The van der Waals surface area contributed by atoms with Crippen molar-refractivity contribution in [3.05, 3.63) is 52.1 Å². The SMILES string of the molecule is Cc1cc(C)n(CCCNC(=S)N2CCN(Cc3c(F)cccc3Cl)CC2)n1. The third-order valence-electron chi connectivity index (χ3n) is 5.03. The van der Waals surface area contributed by atoms with Gasteiger partial charge in [0.25, 0.3) is 0 Å². The quantitative estimate of drug-likeness (QED) is 0.569. The van der Waals surface area contributed by atoms with Crippen LogP contribution in [0.3, 0.4) is 0 Å². The first-order valence-electron chi connectivity index (χ1n) is 9.63. The first-order chi connectivity index (χ1) is 13.4. The van der Waals surface area contributed by atoms with Gasteiger partial charge in [-0.2, -0.15) is 5.10 Å². The molecule has 0 atom stereocenters. The summed E-state index contributed by atoms with van der Waals surface area (Å²) in [5, 5.41) is 9.10. The number of rotatable bonds is 6. The van der Waals surface area contributed by atoms with Crippen molar-refractivity contribution in [3.63, 3.8) is 0 Å². The smallest absolute Gasteiger partial charge is 0.169 e. The maximum atomic E-state index is 14.0. The highest BCUT2D eigenvalue weighted by Crippen LogP contribution is 2.21. The summed E-state index contributed by atoms with van der Waals surface area (Å²) in [6, 6.07) is 6.92. The summed E-state index contributed by atoms with van der Waals surface area (Å²) < 4.78 is 16.0. The van der Waals surface area contributed by atoms with E-state index in [-0.39, 0.29) is 5.82 Å². The topological polar surface area (TPSA) is 36.3 Å². The van der Waals surface area contributed by atoms with E-state index in [9.17, 15) is 4.39 Å². The van der Waals surface area contributed by atoms with Crippen LogP contribution >= 0.6 is 23.8 Å². The van der Waals surface area contributed by atoms with E-state index in [0.29, 0.717) is 17.1 Å². The third kappa shape index (κ3) is 5.43. The lowest BCUT2D eigenvalue weighted by Crippen LogP contribution is -2.51. The van der Waals surface area contributed by atoms with Crippen LogP contribution in [0.2, 0.25) is 5.02 Å². The van der Waals surface area contributed by atoms with Crippen molar-refractivity contribution < 1.29 is 4.39 Å². The van der Waals surface area contributed by atoms with Gasteiger partial charge in [0.05, 0.1) is 5.69 Å². The Labute approximate surface area is 176 Å². The number of thiocarbonyl (C=S) groups is 1. The first-order valence-corrected chi connectivity index (χ1v) is 10.4. The number of benzene rings is 1. The first kappa shape index (κ1) is 21.0. The van der Waals surface area contributed by atoms with Gasteiger partial charge in [-0.1, -0.05) is 17.7 Å². The van der Waals surface area contributed by atoms with Crippen molar-refractivity contribution in [2.45, 2.75) is 33.4 Å². The Kier molecular flexibility index (Phi) is 7.26. The molecule has 1 fully saturated rings. The molecule has 1 N–H and O–H groups in total. The molecule has 0 spiro atoms. The fourth-order valence-corrected chi connectivity index (χ4v) is 3.96. The van der Waals surface area contributed by atoms with Gasteiger partial charge in [0.1, 0.15) is 5.82 Å². The van der Waals surface area contributed by atoms with Crippen LogP contribution in [0.4, 0.5) is 4.39 Å². The summed E-state index contributed by atoms with van der Waals surface area (Å²) >= 11 is 11.7. The lowest BCUT2D eigenvalue weighted by Gasteiger charge is -2.36. The van der Waals surface area contributed by atoms with Crippen molar-refractivity contribution in [2.75, 3.05) is 32.7 Å². The Balaban J connectivity index is 1.38. The molecule has 1 aliphatic heterocycles. The summed E-state index contributed by atoms with van der Waals surface area (Å²) in [5.74, 6) is -0.241. The van der Waals surface area contributed by atoms with Crippen molar-refractivity contribution in [1.82, 2.24) is 24.9 Å². The van der Waals surface area contributed by atoms with E-state index >= 15 is 0 Å². The maximum Gasteiger partial charge on any atom is 0.169 e. The van der Waals surface area contributed by atoms with Crippen molar-refractivity contribution in [2.24, 2.45) is 0 Å². The van der Waals surface area contributed by atoms with Crippen LogP contribution in [0.1, 0.15) is 23.4 Å². The highest BCUT2D eigenvalue weighted by atomic mass is 35.5. The largest absolute Gasteiger partial charge is 0.362 e. The zero-order chi connectivity index (χ0) is 20.1. The summed E-state index contributed by atoms with van der Waals surface area (Å²) in [6.45, 7) is 9.64. The number of aromatic nitrogens is 2. The second kappa shape index (κ2) is 9.67. The zero-order valence-corrected chi connectivity index (χ0v) is 18.0. The van der Waals surface area contributed by atoms with E-state index in [1.54, 1.807) is 12.1 Å². The Morgan fingerprint density at radius 1 is 1.25 bits per heavy atom. The normalized spacial score (nSPS) is 15.1. The van der Waals surface area contributed by atoms with Gasteiger partial charge in [0.2, 0.25) is 0 Å². The molecule has 0 aliphatic carbocycles. The van der Waals surface area contributed by atoms with Crippen LogP contribution in [0.5, 0.6) is 0 Å². The predicted molar refractivity (Wildman–Crippen MR) is 115 cm³/mol. The molecule has 28 heavy (non-hydrogen) atoms. The molecule has 8 heteroatoms. The molecule has 0 radical (unpaired) electrons. The molecule has 2 heterocycles. The fraction of sp³-hybridized carbons (Fsp3) is 0.500. The van der Waals surface area contributed by atoms with Crippen LogP contribution in [0.15, 0.2) is 24.3 Å². The standard InChI is InChI=1S/C20H27ClFN5S/c1-15-13-16(2)27(24-15)8-4-7-23-20(28)26-11-9-25(10-12-26)14-17-18(21)5-3-6-19(17)22/h3,5-6,13H,4,7-12,14H2,1-2H3,(H,23,28). The average molecular weight is 424 g/mol. The van der Waals surface area contributed by atoms with Gasteiger partial charge in [0.15, 0.2) is 5.11 Å². The zero-order valence-electron chi connectivity index (χ0n) is 16.4. The molecule has 3 rings (SSSR count). The molecule has 1 saturated heterocycles. The molecule has 1 aromatic heterocycles. The number of nitrogens with one attached hydrogen (secondary N) is 1. The average Bonchev–Trinajstić information content (AvgIpc) is 2.99. The number of aryl methyl sites for hydroxylation is 3. The molecule has 0 unspecified atom stereocenters. The van der Waals surface area contributed by atoms with Crippen LogP contribution in [-0.2, 0) is 13.1 Å². The van der Waals surface area contributed by atoms with Crippen LogP contribution < -0.4 is 5.32 Å². The number of hydrogen-bond donors (Lipinski definition) is 1. The van der Waals surface area contributed by atoms with E-state index in [4.69, 9.17) is 23.8 Å². The minimum atomic E-state index is -0.241.